The van der Waals surface area contributed by atoms with E-state index in [0.717, 1.165) is 24.1 Å². The summed E-state index contributed by atoms with van der Waals surface area (Å²) in [5.41, 5.74) is 4.35. The first-order valence-corrected chi connectivity index (χ1v) is 12.5. The Morgan fingerprint density at radius 2 is 1.97 bits per heavy atom. The number of H-pyrrole nitrogens is 1. The van der Waals surface area contributed by atoms with E-state index >= 15 is 0 Å². The molecule has 2 saturated heterocycles. The highest BCUT2D eigenvalue weighted by molar-refractivity contribution is 6.20. The molecule has 2 fully saturated rings. The van der Waals surface area contributed by atoms with Crippen LogP contribution in [0.4, 0.5) is 5.69 Å². The Morgan fingerprint density at radius 3 is 2.67 bits per heavy atom. The van der Waals surface area contributed by atoms with Gasteiger partial charge in [0.15, 0.2) is 5.78 Å². The number of carbonyl (C=O) groups is 1. The standard InChI is InChI=1S/C30H34N4O2/c1-4-20-16-23-24(17-26(20)34-9-7-21(8-10-34)33-11-13-36-14-12-33)30(2,3)29-27(28(23)35)22-6-5-19(18-31)15-25(22)32-29/h5-6,15-17,21,32H,4,7-14H2,1-3H3/i2D,3D,13D2,14D2. The number of benzene rings is 2. The molecule has 1 aromatic heterocycles. The number of hydrogen-bond donors (Lipinski definition) is 1. The minimum absolute atomic E-state index is 0.0207. The predicted octanol–water partition coefficient (Wildman–Crippen LogP) is 4.77. The van der Waals surface area contributed by atoms with Crippen LogP contribution in [0.2, 0.25) is 0 Å². The quantitative estimate of drug-likeness (QED) is 0.575. The van der Waals surface area contributed by atoms with Gasteiger partial charge in [0.2, 0.25) is 0 Å². The SMILES string of the molecule is [2H]CC1(C[2H])c2cc(N3CCC(N4CC([2H])([2H])OC([2H])([2H])C4)CC3)c(CC)cc2C(=O)c2c1[nH]c1cc(C#N)ccc21. The summed E-state index contributed by atoms with van der Waals surface area (Å²) in [6.07, 6.45) is 2.14. The number of piperidine rings is 1. The van der Waals surface area contributed by atoms with Gasteiger partial charge in [-0.1, -0.05) is 26.8 Å². The van der Waals surface area contributed by atoms with Crippen molar-refractivity contribution < 1.29 is 17.8 Å². The van der Waals surface area contributed by atoms with Crippen LogP contribution in [-0.4, -0.2) is 61.0 Å². The van der Waals surface area contributed by atoms with Crippen molar-refractivity contribution in [3.8, 4) is 6.07 Å². The van der Waals surface area contributed by atoms with Crippen molar-refractivity contribution in [2.24, 2.45) is 0 Å². The van der Waals surface area contributed by atoms with Crippen molar-refractivity contribution in [2.45, 2.75) is 51.4 Å². The van der Waals surface area contributed by atoms with Crippen molar-refractivity contribution in [1.82, 2.24) is 9.88 Å². The second kappa shape index (κ2) is 8.76. The molecule has 2 aliphatic heterocycles. The van der Waals surface area contributed by atoms with Crippen LogP contribution in [0.25, 0.3) is 10.9 Å². The highest BCUT2D eigenvalue weighted by Crippen LogP contribution is 2.46. The molecule has 3 heterocycles. The maximum Gasteiger partial charge on any atom is 0.195 e. The number of ketones is 1. The smallest absolute Gasteiger partial charge is 0.195 e. The van der Waals surface area contributed by atoms with E-state index in [0.29, 0.717) is 58.4 Å². The number of morpholine rings is 1. The molecule has 2 aromatic carbocycles. The van der Waals surface area contributed by atoms with Crippen LogP contribution in [0.1, 0.15) is 80.1 Å². The monoisotopic (exact) mass is 488 g/mol. The summed E-state index contributed by atoms with van der Waals surface area (Å²) in [6, 6.07) is 11.3. The van der Waals surface area contributed by atoms with Gasteiger partial charge in [0.05, 0.1) is 35.8 Å². The van der Waals surface area contributed by atoms with Gasteiger partial charge in [0.1, 0.15) is 0 Å². The number of nitrogens with zero attached hydrogens (tertiary/aromatic N) is 3. The summed E-state index contributed by atoms with van der Waals surface area (Å²) in [7, 11) is 0. The van der Waals surface area contributed by atoms with Gasteiger partial charge in [-0.2, -0.15) is 5.26 Å². The number of aromatic nitrogens is 1. The maximum absolute atomic E-state index is 14.0. The van der Waals surface area contributed by atoms with E-state index in [1.165, 1.54) is 0 Å². The van der Waals surface area contributed by atoms with Gasteiger partial charge in [-0.15, -0.1) is 0 Å². The zero-order chi connectivity index (χ0) is 30.0. The molecule has 0 radical (unpaired) electrons. The molecular formula is C30H34N4O2. The zero-order valence-electron chi connectivity index (χ0n) is 26.5. The molecule has 36 heavy (non-hydrogen) atoms. The fourth-order valence-electron chi connectivity index (χ4n) is 5.99. The Balaban J connectivity index is 1.36. The van der Waals surface area contributed by atoms with E-state index in [4.69, 9.17) is 13.0 Å². The first-order valence-electron chi connectivity index (χ1n) is 15.9. The lowest BCUT2D eigenvalue weighted by Crippen LogP contribution is -2.49. The molecule has 1 aliphatic carbocycles. The second-order valence-electron chi connectivity index (χ2n) is 10.1. The topological polar surface area (TPSA) is 72.4 Å². The second-order valence-corrected chi connectivity index (χ2v) is 10.1. The average molecular weight is 489 g/mol. The lowest BCUT2D eigenvalue weighted by atomic mass is 9.70. The third kappa shape index (κ3) is 3.56. The summed E-state index contributed by atoms with van der Waals surface area (Å²) in [5.74, 6) is -0.135. The first kappa shape index (κ1) is 17.3. The summed E-state index contributed by atoms with van der Waals surface area (Å²) in [5, 5.41) is 10.1. The van der Waals surface area contributed by atoms with E-state index < -0.39 is 18.5 Å². The van der Waals surface area contributed by atoms with Crippen LogP contribution in [0, 0.1) is 11.3 Å². The number of anilines is 1. The molecule has 0 saturated carbocycles. The lowest BCUT2D eigenvalue weighted by molar-refractivity contribution is 0.0115. The third-order valence-electron chi connectivity index (χ3n) is 7.99. The molecule has 6 heteroatoms. The number of fused-ring (bicyclic) bond motifs is 4. The molecule has 3 aromatic rings. The van der Waals surface area contributed by atoms with E-state index in [1.54, 1.807) is 18.2 Å². The fourth-order valence-corrected chi connectivity index (χ4v) is 5.99. The van der Waals surface area contributed by atoms with Crippen LogP contribution < -0.4 is 4.90 Å². The highest BCUT2D eigenvalue weighted by atomic mass is 16.5. The number of aromatic amines is 1. The Labute approximate surface area is 221 Å². The van der Waals surface area contributed by atoms with Crippen molar-refractivity contribution in [3.63, 3.8) is 0 Å². The molecule has 6 nitrogen and oxygen atoms in total. The number of carbonyl (C=O) groups excluding carboxylic acids is 1. The summed E-state index contributed by atoms with van der Waals surface area (Å²) < 4.78 is 54.4. The molecule has 6 rings (SSSR count). The average Bonchev–Trinajstić information content (AvgIpc) is 3.35. The largest absolute Gasteiger partial charge is 0.379 e. The van der Waals surface area contributed by atoms with Crippen molar-refractivity contribution >= 4 is 22.4 Å². The van der Waals surface area contributed by atoms with Crippen molar-refractivity contribution in [1.29, 1.82) is 5.26 Å². The van der Waals surface area contributed by atoms with Crippen LogP contribution >= 0.6 is 0 Å². The van der Waals surface area contributed by atoms with Gasteiger partial charge >= 0.3 is 0 Å². The molecule has 0 unspecified atom stereocenters. The minimum atomic E-state index is -2.05. The van der Waals surface area contributed by atoms with Crippen LogP contribution in [-0.2, 0) is 16.6 Å². The zero-order valence-corrected chi connectivity index (χ0v) is 20.5. The number of hydrogen-bond acceptors (Lipinski definition) is 5. The summed E-state index contributed by atoms with van der Waals surface area (Å²) in [6.45, 7) is -0.877. The molecule has 0 amide bonds. The Hall–Kier alpha value is -3.14. The van der Waals surface area contributed by atoms with E-state index in [2.05, 4.69) is 16.0 Å². The van der Waals surface area contributed by atoms with E-state index in [-0.39, 0.29) is 38.7 Å². The normalized spacial score (nSPS) is 25.4. The Morgan fingerprint density at radius 1 is 1.19 bits per heavy atom. The van der Waals surface area contributed by atoms with Crippen LogP contribution in [0.3, 0.4) is 0 Å². The van der Waals surface area contributed by atoms with Gasteiger partial charge in [0.25, 0.3) is 0 Å². The number of rotatable bonds is 3. The van der Waals surface area contributed by atoms with Gasteiger partial charge < -0.3 is 14.6 Å². The van der Waals surface area contributed by atoms with Gasteiger partial charge in [-0.05, 0) is 54.7 Å². The minimum Gasteiger partial charge on any atom is -0.379 e. The molecular weight excluding hydrogens is 448 g/mol. The molecule has 0 atom stereocenters. The van der Waals surface area contributed by atoms with Gasteiger partial charge in [-0.25, -0.2) is 0 Å². The first-order chi connectivity index (χ1) is 20.0. The Kier molecular flexibility index (Phi) is 4.22. The number of nitrogens with one attached hydrogen (secondary N) is 1. The molecule has 1 N–H and O–H groups in total. The maximum atomic E-state index is 14.0. The van der Waals surface area contributed by atoms with Crippen molar-refractivity contribution in [3.05, 3.63) is 63.8 Å². The Bertz CT molecular complexity index is 1590. The molecule has 3 aliphatic rings. The van der Waals surface area contributed by atoms with Crippen molar-refractivity contribution in [2.75, 3.05) is 44.2 Å². The fraction of sp³-hybridized carbons (Fsp3) is 0.467. The lowest BCUT2D eigenvalue weighted by Gasteiger charge is -2.42. The highest BCUT2D eigenvalue weighted by Gasteiger charge is 2.40. The van der Waals surface area contributed by atoms with E-state index in [9.17, 15) is 10.1 Å². The van der Waals surface area contributed by atoms with E-state index in [1.807, 2.05) is 24.0 Å². The summed E-state index contributed by atoms with van der Waals surface area (Å²) >= 11 is 0. The predicted molar refractivity (Wildman–Crippen MR) is 142 cm³/mol. The summed E-state index contributed by atoms with van der Waals surface area (Å²) in [4.78, 5) is 21.5. The molecule has 0 bridgehead atoms. The van der Waals surface area contributed by atoms with Gasteiger partial charge in [-0.3, -0.25) is 9.69 Å². The molecule has 186 valence electrons. The van der Waals surface area contributed by atoms with Crippen LogP contribution in [0.15, 0.2) is 30.3 Å². The third-order valence-corrected chi connectivity index (χ3v) is 7.99. The number of ether oxygens (including phenoxy) is 1. The van der Waals surface area contributed by atoms with Crippen LogP contribution in [0.5, 0.6) is 0 Å². The van der Waals surface area contributed by atoms with Gasteiger partial charge in [0, 0.05) is 68.2 Å². The number of aryl methyl sites for hydroxylation is 1. The molecule has 0 spiro atoms. The number of nitriles is 1.